The lowest BCUT2D eigenvalue weighted by Crippen LogP contribution is -2.20. The zero-order valence-electron chi connectivity index (χ0n) is 28.4. The van der Waals surface area contributed by atoms with Crippen molar-refractivity contribution in [2.75, 3.05) is 4.90 Å². The molecule has 2 aliphatic carbocycles. The summed E-state index contributed by atoms with van der Waals surface area (Å²) in [6.45, 7) is 0. The van der Waals surface area contributed by atoms with Gasteiger partial charge in [-0.1, -0.05) is 91.0 Å². The molecule has 0 amide bonds. The molecule has 0 radical (unpaired) electrons. The Morgan fingerprint density at radius 3 is 2.35 bits per heavy atom. The molecular weight excluding hydrogens is 637 g/mol. The second kappa shape index (κ2) is 11.5. The van der Waals surface area contributed by atoms with Crippen LogP contribution in [0.3, 0.4) is 0 Å². The average molecular weight is 671 g/mol. The summed E-state index contributed by atoms with van der Waals surface area (Å²) in [5, 5.41) is 5.96. The molecule has 0 fully saturated rings. The molecule has 0 bridgehead atoms. The van der Waals surface area contributed by atoms with Crippen LogP contribution < -0.4 is 4.90 Å². The van der Waals surface area contributed by atoms with Gasteiger partial charge in [-0.3, -0.25) is 0 Å². The number of ether oxygens (including phenoxy) is 1. The number of para-hydroxylation sites is 1. The molecular formula is C48H34N2O2. The van der Waals surface area contributed by atoms with Crippen molar-refractivity contribution >= 4 is 54.9 Å². The van der Waals surface area contributed by atoms with Crippen LogP contribution in [0.5, 0.6) is 0 Å². The van der Waals surface area contributed by atoms with E-state index in [1.807, 2.05) is 6.07 Å². The van der Waals surface area contributed by atoms with Crippen LogP contribution in [0.1, 0.15) is 12.8 Å². The van der Waals surface area contributed by atoms with Crippen molar-refractivity contribution in [3.63, 3.8) is 0 Å². The average Bonchev–Trinajstić information content (AvgIpc) is 3.91. The number of hydrogen-bond acceptors (Lipinski definition) is 3. The van der Waals surface area contributed by atoms with Crippen molar-refractivity contribution in [3.05, 3.63) is 187 Å². The first-order valence-corrected chi connectivity index (χ1v) is 18.1. The molecule has 2 unspecified atom stereocenters. The first-order chi connectivity index (χ1) is 25.8. The number of aromatic nitrogens is 1. The van der Waals surface area contributed by atoms with Gasteiger partial charge in [0.25, 0.3) is 0 Å². The molecule has 4 nitrogen and oxygen atoms in total. The third-order valence-electron chi connectivity index (χ3n) is 11.1. The monoisotopic (exact) mass is 670 g/mol. The third-order valence-corrected chi connectivity index (χ3v) is 11.1. The van der Waals surface area contributed by atoms with Gasteiger partial charge in [-0.2, -0.15) is 0 Å². The van der Waals surface area contributed by atoms with E-state index in [1.165, 1.54) is 60.7 Å². The minimum atomic E-state index is 0.0973. The van der Waals surface area contributed by atoms with Gasteiger partial charge < -0.3 is 18.6 Å². The molecule has 3 aliphatic rings. The maximum absolute atomic E-state index is 6.42. The second-order valence-electron chi connectivity index (χ2n) is 14.0. The van der Waals surface area contributed by atoms with E-state index in [9.17, 15) is 0 Å². The van der Waals surface area contributed by atoms with Gasteiger partial charge >= 0.3 is 0 Å². The SMILES string of the molecule is C1=CC2OC3=C(C=C(N(c4ccc(-c5ccc6c(c5)c5cc7occc7cc5n6-c5ccccc5)cc4)c4cccc5ccccc45)CC3)C2C=C1. The number of benzene rings is 6. The molecule has 0 N–H and O–H groups in total. The summed E-state index contributed by atoms with van der Waals surface area (Å²) in [5.41, 5.74) is 11.7. The van der Waals surface area contributed by atoms with Gasteiger partial charge in [0.2, 0.25) is 0 Å². The van der Waals surface area contributed by atoms with E-state index < -0.39 is 0 Å². The van der Waals surface area contributed by atoms with Crippen molar-refractivity contribution in [2.24, 2.45) is 5.92 Å². The highest BCUT2D eigenvalue weighted by Crippen LogP contribution is 2.46. The van der Waals surface area contributed by atoms with E-state index >= 15 is 0 Å². The molecule has 4 heteroatoms. The fourth-order valence-electron chi connectivity index (χ4n) is 8.62. The zero-order valence-corrected chi connectivity index (χ0v) is 28.4. The van der Waals surface area contributed by atoms with Gasteiger partial charge in [-0.25, -0.2) is 0 Å². The standard InChI is InChI=1S/C48H34N2O2/c1-2-11-35(12-3-1)50-44-23-19-33(27-40(44)41-30-48-34(25-26-51-48)28-45(41)50)31-17-20-36(21-18-31)49(43-15-8-10-32-9-4-5-13-38(32)43)37-22-24-47-42(29-37)39-14-6-7-16-46(39)52-47/h1-21,23,25-30,39,46H,22,24H2. The molecule has 52 heavy (non-hydrogen) atoms. The largest absolute Gasteiger partial charge is 0.489 e. The lowest BCUT2D eigenvalue weighted by Gasteiger charge is -2.31. The molecule has 1 aliphatic heterocycles. The Morgan fingerprint density at radius 1 is 0.615 bits per heavy atom. The van der Waals surface area contributed by atoms with Gasteiger partial charge in [0.1, 0.15) is 17.4 Å². The number of hydrogen-bond donors (Lipinski definition) is 0. The molecule has 248 valence electrons. The van der Waals surface area contributed by atoms with Crippen molar-refractivity contribution in [3.8, 4) is 16.8 Å². The van der Waals surface area contributed by atoms with Crippen LogP contribution in [-0.2, 0) is 4.74 Å². The van der Waals surface area contributed by atoms with E-state index in [0.29, 0.717) is 0 Å². The predicted octanol–water partition coefficient (Wildman–Crippen LogP) is 12.6. The molecule has 2 aromatic heterocycles. The Balaban J connectivity index is 1.03. The highest BCUT2D eigenvalue weighted by Gasteiger charge is 2.36. The normalized spacial score (nSPS) is 17.9. The van der Waals surface area contributed by atoms with Gasteiger partial charge in [-0.05, 0) is 95.7 Å². The maximum Gasteiger partial charge on any atom is 0.134 e. The molecule has 11 rings (SSSR count). The molecule has 3 heterocycles. The van der Waals surface area contributed by atoms with E-state index in [4.69, 9.17) is 9.15 Å². The summed E-state index contributed by atoms with van der Waals surface area (Å²) in [6, 6.07) is 48.4. The summed E-state index contributed by atoms with van der Waals surface area (Å²) >= 11 is 0. The van der Waals surface area contributed by atoms with Gasteiger partial charge in [0.05, 0.1) is 23.0 Å². The second-order valence-corrected chi connectivity index (χ2v) is 14.0. The summed E-state index contributed by atoms with van der Waals surface area (Å²) < 4.78 is 14.6. The smallest absolute Gasteiger partial charge is 0.134 e. The summed E-state index contributed by atoms with van der Waals surface area (Å²) in [7, 11) is 0. The molecule has 2 atom stereocenters. The number of anilines is 2. The summed E-state index contributed by atoms with van der Waals surface area (Å²) in [6.07, 6.45) is 14.8. The maximum atomic E-state index is 6.42. The van der Waals surface area contributed by atoms with Crippen molar-refractivity contribution in [2.45, 2.75) is 18.9 Å². The minimum absolute atomic E-state index is 0.0973. The van der Waals surface area contributed by atoms with E-state index in [-0.39, 0.29) is 12.0 Å². The quantitative estimate of drug-likeness (QED) is 0.183. The zero-order chi connectivity index (χ0) is 34.2. The topological polar surface area (TPSA) is 30.5 Å². The fourth-order valence-corrected chi connectivity index (χ4v) is 8.62. The molecule has 0 saturated carbocycles. The van der Waals surface area contributed by atoms with Crippen molar-refractivity contribution < 1.29 is 9.15 Å². The van der Waals surface area contributed by atoms with Gasteiger partial charge in [0.15, 0.2) is 0 Å². The number of nitrogens with zero attached hydrogens (tertiary/aromatic N) is 2. The van der Waals surface area contributed by atoms with Crippen molar-refractivity contribution in [1.82, 2.24) is 4.57 Å². The molecule has 0 spiro atoms. The van der Waals surface area contributed by atoms with E-state index in [0.717, 1.165) is 40.9 Å². The lowest BCUT2D eigenvalue weighted by molar-refractivity contribution is 0.157. The van der Waals surface area contributed by atoms with Crippen LogP contribution in [-0.4, -0.2) is 10.7 Å². The Kier molecular flexibility index (Phi) is 6.47. The Morgan fingerprint density at radius 2 is 1.42 bits per heavy atom. The number of furan rings is 1. The van der Waals surface area contributed by atoms with Crippen LogP contribution in [0.2, 0.25) is 0 Å². The Bertz CT molecular complexity index is 2820. The summed E-state index contributed by atoms with van der Waals surface area (Å²) in [5.74, 6) is 1.40. The Labute approximate surface area is 301 Å². The molecule has 8 aromatic rings. The van der Waals surface area contributed by atoms with Crippen LogP contribution in [0.4, 0.5) is 11.4 Å². The third kappa shape index (κ3) is 4.54. The number of fused-ring (bicyclic) bond motifs is 7. The molecule has 6 aromatic carbocycles. The summed E-state index contributed by atoms with van der Waals surface area (Å²) in [4.78, 5) is 2.47. The van der Waals surface area contributed by atoms with Crippen LogP contribution in [0.25, 0.3) is 60.4 Å². The highest BCUT2D eigenvalue weighted by atomic mass is 16.5. The first-order valence-electron chi connectivity index (χ1n) is 18.1. The Hall–Kier alpha value is -6.52. The van der Waals surface area contributed by atoms with E-state index in [2.05, 4.69) is 167 Å². The first kappa shape index (κ1) is 29.2. The van der Waals surface area contributed by atoms with Crippen LogP contribution in [0, 0.1) is 5.92 Å². The molecule has 0 saturated heterocycles. The number of rotatable bonds is 5. The van der Waals surface area contributed by atoms with E-state index in [1.54, 1.807) is 6.26 Å². The van der Waals surface area contributed by atoms with Crippen molar-refractivity contribution in [1.29, 1.82) is 0 Å². The highest BCUT2D eigenvalue weighted by molar-refractivity contribution is 6.14. The van der Waals surface area contributed by atoms with Gasteiger partial charge in [0, 0.05) is 56.5 Å². The van der Waals surface area contributed by atoms with Crippen LogP contribution >= 0.6 is 0 Å². The minimum Gasteiger partial charge on any atom is -0.489 e. The fraction of sp³-hybridized carbons (Fsp3) is 0.0833. The van der Waals surface area contributed by atoms with Gasteiger partial charge in [-0.15, -0.1) is 0 Å². The predicted molar refractivity (Wildman–Crippen MR) is 213 cm³/mol. The number of allylic oxidation sites excluding steroid dienone is 5. The lowest BCUT2D eigenvalue weighted by atomic mass is 9.87. The van der Waals surface area contributed by atoms with Crippen LogP contribution in [0.15, 0.2) is 192 Å².